The molecular weight excluding hydrogens is 492 g/mol. The summed E-state index contributed by atoms with van der Waals surface area (Å²) in [6, 6.07) is 7.82. The Morgan fingerprint density at radius 1 is 1.05 bits per heavy atom. The molecule has 2 heterocycles. The number of aryl methyl sites for hydroxylation is 1. The largest absolute Gasteiger partial charge is 0.448 e. The third kappa shape index (κ3) is 7.07. The summed E-state index contributed by atoms with van der Waals surface area (Å²) in [5.41, 5.74) is 2.66. The van der Waals surface area contributed by atoms with E-state index in [0.717, 1.165) is 26.7 Å². The van der Waals surface area contributed by atoms with Crippen molar-refractivity contribution < 1.29 is 22.7 Å². The number of sulfonamides is 1. The zero-order valence-corrected chi connectivity index (χ0v) is 23.4. The molecule has 202 valence electrons. The van der Waals surface area contributed by atoms with E-state index in [-0.39, 0.29) is 29.9 Å². The van der Waals surface area contributed by atoms with Crippen LogP contribution in [0.3, 0.4) is 0 Å². The minimum Gasteiger partial charge on any atom is -0.448 e. The average molecular weight is 531 g/mol. The van der Waals surface area contributed by atoms with Crippen molar-refractivity contribution in [2.75, 3.05) is 19.8 Å². The summed E-state index contributed by atoms with van der Waals surface area (Å²) in [5.74, 6) is 1.06. The van der Waals surface area contributed by atoms with Crippen molar-refractivity contribution in [3.63, 3.8) is 0 Å². The monoisotopic (exact) mass is 530 g/mol. The Kier molecular flexibility index (Phi) is 9.67. The Bertz CT molecular complexity index is 1290. The third-order valence-corrected chi connectivity index (χ3v) is 7.70. The molecular formula is C27H38N4O5S. The maximum atomic E-state index is 13.8. The molecule has 0 aliphatic rings. The van der Waals surface area contributed by atoms with Crippen molar-refractivity contribution in [3.8, 4) is 0 Å². The molecule has 0 fully saturated rings. The van der Waals surface area contributed by atoms with E-state index >= 15 is 0 Å². The fraction of sp³-hybridized carbons (Fsp3) is 0.519. The molecule has 1 amide bonds. The van der Waals surface area contributed by atoms with Gasteiger partial charge in [0, 0.05) is 19.3 Å². The number of ether oxygens (including phenoxy) is 2. The van der Waals surface area contributed by atoms with Crippen LogP contribution >= 0.6 is 0 Å². The smallest absolute Gasteiger partial charge is 0.424 e. The van der Waals surface area contributed by atoms with Gasteiger partial charge in [0.1, 0.15) is 11.3 Å². The second-order valence-electron chi connectivity index (χ2n) is 9.97. The van der Waals surface area contributed by atoms with E-state index in [2.05, 4.69) is 14.5 Å². The Labute approximate surface area is 219 Å². The number of imidazole rings is 1. The Balaban J connectivity index is 1.92. The summed E-state index contributed by atoms with van der Waals surface area (Å²) >= 11 is 0. The first-order valence-electron chi connectivity index (χ1n) is 12.7. The number of pyridine rings is 1. The minimum atomic E-state index is -4.19. The van der Waals surface area contributed by atoms with Crippen LogP contribution in [-0.4, -0.2) is 59.2 Å². The molecule has 2 aromatic heterocycles. The minimum absolute atomic E-state index is 0.0272. The number of benzene rings is 1. The van der Waals surface area contributed by atoms with E-state index in [1.807, 2.05) is 47.6 Å². The summed E-state index contributed by atoms with van der Waals surface area (Å²) < 4.78 is 41.5. The second-order valence-corrected chi connectivity index (χ2v) is 11.8. The van der Waals surface area contributed by atoms with Gasteiger partial charge in [0.15, 0.2) is 0 Å². The predicted octanol–water partition coefficient (Wildman–Crippen LogP) is 5.02. The van der Waals surface area contributed by atoms with E-state index in [4.69, 9.17) is 9.47 Å². The van der Waals surface area contributed by atoms with Crippen LogP contribution in [0.1, 0.15) is 52.4 Å². The number of carbonyl (C=O) groups is 1. The lowest BCUT2D eigenvalue weighted by Crippen LogP contribution is -2.48. The molecule has 0 bridgehead atoms. The van der Waals surface area contributed by atoms with Crippen LogP contribution in [0.15, 0.2) is 47.6 Å². The van der Waals surface area contributed by atoms with Crippen molar-refractivity contribution in [3.05, 3.63) is 54.1 Å². The van der Waals surface area contributed by atoms with Crippen LogP contribution in [-0.2, 0) is 26.0 Å². The van der Waals surface area contributed by atoms with Gasteiger partial charge in [-0.3, -0.25) is 4.98 Å². The van der Waals surface area contributed by atoms with Crippen molar-refractivity contribution in [2.24, 2.45) is 11.8 Å². The van der Waals surface area contributed by atoms with Gasteiger partial charge in [-0.1, -0.05) is 39.8 Å². The fourth-order valence-corrected chi connectivity index (χ4v) is 5.63. The van der Waals surface area contributed by atoms with Gasteiger partial charge < -0.3 is 14.0 Å². The molecule has 0 radical (unpaired) electrons. The topological polar surface area (TPSA) is 104 Å². The standard InChI is InChI=1S/C27H38N4O5S/c1-7-35-18-23(14-19(2)3)31(27(32)36-17-20(4)5)37(33,34)24-10-8-22(9-11-24)16-30-21(6)29-25-15-28-13-12-26(25)30/h8-13,15,19-20,23H,7,14,16-18H2,1-6H3. The number of rotatable bonds is 12. The molecule has 0 saturated heterocycles. The number of carbonyl (C=O) groups excluding carboxylic acids is 1. The predicted molar refractivity (Wildman–Crippen MR) is 143 cm³/mol. The summed E-state index contributed by atoms with van der Waals surface area (Å²) in [7, 11) is -4.19. The van der Waals surface area contributed by atoms with E-state index < -0.39 is 22.2 Å². The highest BCUT2D eigenvalue weighted by Crippen LogP contribution is 2.25. The van der Waals surface area contributed by atoms with Gasteiger partial charge in [0.2, 0.25) is 0 Å². The maximum Gasteiger partial charge on any atom is 0.424 e. The van der Waals surface area contributed by atoms with Gasteiger partial charge in [-0.25, -0.2) is 18.2 Å². The van der Waals surface area contributed by atoms with Crippen molar-refractivity contribution in [2.45, 2.75) is 65.4 Å². The average Bonchev–Trinajstić information content (AvgIpc) is 3.16. The van der Waals surface area contributed by atoms with E-state index in [1.54, 1.807) is 24.5 Å². The van der Waals surface area contributed by atoms with Crippen molar-refractivity contribution in [1.82, 2.24) is 18.8 Å². The molecule has 37 heavy (non-hydrogen) atoms. The third-order valence-electron chi connectivity index (χ3n) is 5.87. The summed E-state index contributed by atoms with van der Waals surface area (Å²) in [6.45, 7) is 12.7. The quantitative estimate of drug-likeness (QED) is 0.324. The van der Waals surface area contributed by atoms with Gasteiger partial charge in [0.05, 0.1) is 35.9 Å². The molecule has 1 aromatic carbocycles. The normalized spacial score (nSPS) is 12.9. The number of aromatic nitrogens is 3. The molecule has 0 spiro atoms. The van der Waals surface area contributed by atoms with Gasteiger partial charge in [-0.15, -0.1) is 0 Å². The van der Waals surface area contributed by atoms with Crippen LogP contribution in [0.4, 0.5) is 4.79 Å². The lowest BCUT2D eigenvalue weighted by Gasteiger charge is -2.31. The number of hydrogen-bond acceptors (Lipinski definition) is 7. The molecule has 1 atom stereocenters. The Morgan fingerprint density at radius 3 is 2.38 bits per heavy atom. The number of amides is 1. The molecule has 3 aromatic rings. The van der Waals surface area contributed by atoms with Crippen LogP contribution < -0.4 is 0 Å². The molecule has 1 unspecified atom stereocenters. The summed E-state index contributed by atoms with van der Waals surface area (Å²) in [4.78, 5) is 21.8. The molecule has 0 aliphatic carbocycles. The van der Waals surface area contributed by atoms with Gasteiger partial charge in [0.25, 0.3) is 10.0 Å². The van der Waals surface area contributed by atoms with Gasteiger partial charge >= 0.3 is 6.09 Å². The molecule has 10 heteroatoms. The SMILES string of the molecule is CCOCC(CC(C)C)N(C(=O)OCC(C)C)S(=O)(=O)c1ccc(Cn2c(C)nc3cnccc32)cc1. The Hall–Kier alpha value is -2.98. The number of fused-ring (bicyclic) bond motifs is 1. The highest BCUT2D eigenvalue weighted by Gasteiger charge is 2.37. The van der Waals surface area contributed by atoms with E-state index in [0.29, 0.717) is 19.6 Å². The van der Waals surface area contributed by atoms with Gasteiger partial charge in [-0.2, -0.15) is 4.31 Å². The van der Waals surface area contributed by atoms with Crippen LogP contribution in [0.2, 0.25) is 0 Å². The molecule has 0 N–H and O–H groups in total. The fourth-order valence-electron chi connectivity index (χ4n) is 4.14. The highest BCUT2D eigenvalue weighted by molar-refractivity contribution is 7.89. The first kappa shape index (κ1) is 28.6. The Morgan fingerprint density at radius 2 is 1.76 bits per heavy atom. The molecule has 9 nitrogen and oxygen atoms in total. The van der Waals surface area contributed by atoms with Crippen LogP contribution in [0.5, 0.6) is 0 Å². The first-order valence-corrected chi connectivity index (χ1v) is 14.1. The second kappa shape index (κ2) is 12.5. The summed E-state index contributed by atoms with van der Waals surface area (Å²) in [5, 5.41) is 0. The lowest BCUT2D eigenvalue weighted by atomic mass is 10.0. The summed E-state index contributed by atoms with van der Waals surface area (Å²) in [6.07, 6.45) is 3.02. The number of nitrogens with zero attached hydrogens (tertiary/aromatic N) is 4. The first-order chi connectivity index (χ1) is 17.5. The zero-order chi connectivity index (χ0) is 27.2. The van der Waals surface area contributed by atoms with Crippen LogP contribution in [0.25, 0.3) is 11.0 Å². The zero-order valence-electron chi connectivity index (χ0n) is 22.5. The van der Waals surface area contributed by atoms with Gasteiger partial charge in [-0.05, 0) is 55.9 Å². The molecule has 0 aliphatic heterocycles. The van der Waals surface area contributed by atoms with E-state index in [1.165, 1.54) is 12.1 Å². The van der Waals surface area contributed by atoms with Crippen LogP contribution in [0, 0.1) is 18.8 Å². The lowest BCUT2D eigenvalue weighted by molar-refractivity contribution is 0.0658. The molecule has 3 rings (SSSR count). The molecule has 0 saturated carbocycles. The maximum absolute atomic E-state index is 13.8. The van der Waals surface area contributed by atoms with Crippen molar-refractivity contribution >= 4 is 27.1 Å². The highest BCUT2D eigenvalue weighted by atomic mass is 32.2. The van der Waals surface area contributed by atoms with E-state index in [9.17, 15) is 13.2 Å². The number of hydrogen-bond donors (Lipinski definition) is 0. The van der Waals surface area contributed by atoms with Crippen molar-refractivity contribution in [1.29, 1.82) is 0 Å².